The van der Waals surface area contributed by atoms with E-state index in [1.807, 2.05) is 0 Å². The Kier molecular flexibility index (Phi) is 3.29. The summed E-state index contributed by atoms with van der Waals surface area (Å²) in [5.74, 6) is 0.0747. The average molecular weight is 209 g/mol. The van der Waals surface area contributed by atoms with Crippen molar-refractivity contribution in [2.24, 2.45) is 0 Å². The number of carbonyl (C=O) groups is 1. The van der Waals surface area contributed by atoms with Crippen LogP contribution in [0.15, 0.2) is 6.33 Å². The Balaban J connectivity index is 1.75. The summed E-state index contributed by atoms with van der Waals surface area (Å²) in [7, 11) is 0. The lowest BCUT2D eigenvalue weighted by Gasteiger charge is -2.23. The number of amides is 1. The molecule has 1 amide bonds. The van der Waals surface area contributed by atoms with E-state index in [4.69, 9.17) is 0 Å². The van der Waals surface area contributed by atoms with Gasteiger partial charge in [0, 0.05) is 12.6 Å². The molecule has 1 aliphatic rings. The standard InChI is InChI=1S/C9H15N5O/c15-9(8-12-6-13-14-8)11-5-7-3-1-2-4-10-7/h6-7,10H,1-5H2,(H,11,15)(H,12,13,14). The second-order valence-electron chi connectivity index (χ2n) is 3.69. The minimum absolute atomic E-state index is 0.195. The molecule has 1 atom stereocenters. The second kappa shape index (κ2) is 4.88. The molecule has 2 rings (SSSR count). The summed E-state index contributed by atoms with van der Waals surface area (Å²) in [6.07, 6.45) is 4.91. The number of hydrogen-bond acceptors (Lipinski definition) is 4. The van der Waals surface area contributed by atoms with Crippen molar-refractivity contribution in [2.45, 2.75) is 25.3 Å². The third-order valence-electron chi connectivity index (χ3n) is 2.55. The summed E-state index contributed by atoms with van der Waals surface area (Å²) in [5.41, 5.74) is 0. The average Bonchev–Trinajstić information content (AvgIpc) is 2.81. The van der Waals surface area contributed by atoms with Crippen LogP contribution < -0.4 is 10.6 Å². The fourth-order valence-corrected chi connectivity index (χ4v) is 1.71. The molecule has 0 saturated carbocycles. The topological polar surface area (TPSA) is 82.7 Å². The quantitative estimate of drug-likeness (QED) is 0.637. The first kappa shape index (κ1) is 10.1. The summed E-state index contributed by atoms with van der Waals surface area (Å²) in [6.45, 7) is 1.70. The van der Waals surface area contributed by atoms with E-state index in [2.05, 4.69) is 25.8 Å². The molecule has 1 fully saturated rings. The van der Waals surface area contributed by atoms with Gasteiger partial charge in [-0.15, -0.1) is 0 Å². The molecule has 2 heterocycles. The van der Waals surface area contributed by atoms with Gasteiger partial charge in [-0.3, -0.25) is 9.89 Å². The number of hydrogen-bond donors (Lipinski definition) is 3. The zero-order valence-electron chi connectivity index (χ0n) is 8.49. The van der Waals surface area contributed by atoms with Gasteiger partial charge in [-0.2, -0.15) is 5.10 Å². The van der Waals surface area contributed by atoms with Crippen LogP contribution in [0.2, 0.25) is 0 Å². The number of aromatic amines is 1. The van der Waals surface area contributed by atoms with Gasteiger partial charge in [0.15, 0.2) is 0 Å². The third kappa shape index (κ3) is 2.76. The largest absolute Gasteiger partial charge is 0.348 e. The Bertz CT molecular complexity index is 304. The molecule has 6 nitrogen and oxygen atoms in total. The third-order valence-corrected chi connectivity index (χ3v) is 2.55. The number of carbonyl (C=O) groups excluding carboxylic acids is 1. The van der Waals surface area contributed by atoms with Gasteiger partial charge in [-0.05, 0) is 19.4 Å². The van der Waals surface area contributed by atoms with Crippen molar-refractivity contribution in [1.82, 2.24) is 25.8 Å². The fourth-order valence-electron chi connectivity index (χ4n) is 1.71. The van der Waals surface area contributed by atoms with Gasteiger partial charge in [0.2, 0.25) is 5.82 Å². The lowest BCUT2D eigenvalue weighted by Crippen LogP contribution is -2.43. The van der Waals surface area contributed by atoms with E-state index in [-0.39, 0.29) is 11.7 Å². The first-order valence-corrected chi connectivity index (χ1v) is 5.23. The number of nitrogens with one attached hydrogen (secondary N) is 3. The molecule has 0 radical (unpaired) electrons. The van der Waals surface area contributed by atoms with Crippen molar-refractivity contribution in [2.75, 3.05) is 13.1 Å². The SMILES string of the molecule is O=C(NCC1CCCCN1)c1ncn[nH]1. The molecule has 3 N–H and O–H groups in total. The summed E-state index contributed by atoms with van der Waals surface area (Å²) in [6, 6.07) is 0.394. The summed E-state index contributed by atoms with van der Waals surface area (Å²) in [5, 5.41) is 12.3. The van der Waals surface area contributed by atoms with E-state index < -0.39 is 0 Å². The van der Waals surface area contributed by atoms with Gasteiger partial charge in [0.05, 0.1) is 0 Å². The Morgan fingerprint density at radius 3 is 3.20 bits per heavy atom. The zero-order chi connectivity index (χ0) is 10.5. The maximum absolute atomic E-state index is 11.5. The number of aromatic nitrogens is 3. The molecule has 6 heteroatoms. The number of piperidine rings is 1. The number of H-pyrrole nitrogens is 1. The molecule has 0 spiro atoms. The van der Waals surface area contributed by atoms with E-state index in [1.165, 1.54) is 19.2 Å². The van der Waals surface area contributed by atoms with E-state index in [1.54, 1.807) is 0 Å². The predicted octanol–water partition coefficient (Wildman–Crippen LogP) is -0.323. The van der Waals surface area contributed by atoms with Crippen molar-refractivity contribution in [3.05, 3.63) is 12.2 Å². The van der Waals surface area contributed by atoms with Gasteiger partial charge in [-0.1, -0.05) is 6.42 Å². The van der Waals surface area contributed by atoms with Gasteiger partial charge in [-0.25, -0.2) is 4.98 Å². The van der Waals surface area contributed by atoms with Crippen molar-refractivity contribution in [3.8, 4) is 0 Å². The molecule has 0 aromatic carbocycles. The van der Waals surface area contributed by atoms with Crippen molar-refractivity contribution < 1.29 is 4.79 Å². The first-order chi connectivity index (χ1) is 7.36. The summed E-state index contributed by atoms with van der Waals surface area (Å²) >= 11 is 0. The van der Waals surface area contributed by atoms with E-state index in [9.17, 15) is 4.79 Å². The summed E-state index contributed by atoms with van der Waals surface area (Å²) in [4.78, 5) is 15.3. The summed E-state index contributed by atoms with van der Waals surface area (Å²) < 4.78 is 0. The van der Waals surface area contributed by atoms with Crippen LogP contribution in [-0.4, -0.2) is 40.2 Å². The molecule has 1 aliphatic heterocycles. The van der Waals surface area contributed by atoms with Crippen LogP contribution in [0.3, 0.4) is 0 Å². The highest BCUT2D eigenvalue weighted by atomic mass is 16.2. The lowest BCUT2D eigenvalue weighted by molar-refractivity contribution is 0.0938. The first-order valence-electron chi connectivity index (χ1n) is 5.23. The number of nitrogens with zero attached hydrogens (tertiary/aromatic N) is 2. The molecule has 82 valence electrons. The van der Waals surface area contributed by atoms with Crippen molar-refractivity contribution in [3.63, 3.8) is 0 Å². The molecule has 1 saturated heterocycles. The van der Waals surface area contributed by atoms with Crippen LogP contribution in [0.1, 0.15) is 29.9 Å². The Labute approximate surface area is 87.9 Å². The van der Waals surface area contributed by atoms with Crippen LogP contribution in [0.4, 0.5) is 0 Å². The fraction of sp³-hybridized carbons (Fsp3) is 0.667. The van der Waals surface area contributed by atoms with Gasteiger partial charge in [0.1, 0.15) is 6.33 Å². The van der Waals surface area contributed by atoms with Crippen LogP contribution >= 0.6 is 0 Å². The Morgan fingerprint density at radius 1 is 1.60 bits per heavy atom. The minimum atomic E-state index is -0.195. The maximum Gasteiger partial charge on any atom is 0.288 e. The smallest absolute Gasteiger partial charge is 0.288 e. The minimum Gasteiger partial charge on any atom is -0.348 e. The normalized spacial score (nSPS) is 21.2. The van der Waals surface area contributed by atoms with Crippen LogP contribution in [0, 0.1) is 0 Å². The molecule has 1 aromatic heterocycles. The molecule has 0 aliphatic carbocycles. The Hall–Kier alpha value is -1.43. The van der Waals surface area contributed by atoms with E-state index in [0.717, 1.165) is 13.0 Å². The van der Waals surface area contributed by atoms with Crippen molar-refractivity contribution in [1.29, 1.82) is 0 Å². The second-order valence-corrected chi connectivity index (χ2v) is 3.69. The highest BCUT2D eigenvalue weighted by molar-refractivity contribution is 5.90. The highest BCUT2D eigenvalue weighted by Crippen LogP contribution is 2.05. The molecule has 0 bridgehead atoms. The van der Waals surface area contributed by atoms with Gasteiger partial charge >= 0.3 is 0 Å². The molecular weight excluding hydrogens is 194 g/mol. The molecular formula is C9H15N5O. The van der Waals surface area contributed by atoms with E-state index >= 15 is 0 Å². The zero-order valence-corrected chi connectivity index (χ0v) is 8.49. The van der Waals surface area contributed by atoms with Crippen LogP contribution in [0.25, 0.3) is 0 Å². The Morgan fingerprint density at radius 2 is 2.53 bits per heavy atom. The van der Waals surface area contributed by atoms with Gasteiger partial charge < -0.3 is 10.6 Å². The monoisotopic (exact) mass is 209 g/mol. The molecule has 15 heavy (non-hydrogen) atoms. The van der Waals surface area contributed by atoms with E-state index in [0.29, 0.717) is 12.6 Å². The van der Waals surface area contributed by atoms with Crippen molar-refractivity contribution >= 4 is 5.91 Å². The van der Waals surface area contributed by atoms with Crippen LogP contribution in [-0.2, 0) is 0 Å². The maximum atomic E-state index is 11.5. The van der Waals surface area contributed by atoms with Gasteiger partial charge in [0.25, 0.3) is 5.91 Å². The highest BCUT2D eigenvalue weighted by Gasteiger charge is 2.14. The number of rotatable bonds is 3. The molecule has 1 aromatic rings. The lowest BCUT2D eigenvalue weighted by atomic mass is 10.1. The predicted molar refractivity (Wildman–Crippen MR) is 54.4 cm³/mol. The van der Waals surface area contributed by atoms with Crippen LogP contribution in [0.5, 0.6) is 0 Å². The molecule has 1 unspecified atom stereocenters.